The van der Waals surface area contributed by atoms with Crippen molar-refractivity contribution in [1.82, 2.24) is 0 Å². The quantitative estimate of drug-likeness (QED) is 0.736. The van der Waals surface area contributed by atoms with Crippen LogP contribution in [-0.4, -0.2) is 20.7 Å². The molecule has 1 aliphatic rings. The van der Waals surface area contributed by atoms with Gasteiger partial charge in [0.05, 0.1) is 0 Å². The van der Waals surface area contributed by atoms with Gasteiger partial charge in [0.15, 0.2) is 0 Å². The minimum absolute atomic E-state index is 0.0195. The Balaban J connectivity index is 2.14. The molecular formula is C12H14OSe. The van der Waals surface area contributed by atoms with E-state index < -0.39 is 0 Å². The first kappa shape index (κ1) is 9.95. The molecule has 0 aliphatic heterocycles. The summed E-state index contributed by atoms with van der Waals surface area (Å²) in [5.41, 5.74) is 0. The predicted molar refractivity (Wildman–Crippen MR) is 59.1 cm³/mol. The van der Waals surface area contributed by atoms with Crippen LogP contribution in [0.4, 0.5) is 0 Å². The van der Waals surface area contributed by atoms with Gasteiger partial charge >= 0.3 is 90.8 Å². The molecule has 0 amide bonds. The summed E-state index contributed by atoms with van der Waals surface area (Å²) in [6.45, 7) is 2.13. The molecule has 1 atom stereocenters. The van der Waals surface area contributed by atoms with Crippen molar-refractivity contribution in [1.29, 1.82) is 0 Å². The fourth-order valence-electron chi connectivity index (χ4n) is 1.85. The van der Waals surface area contributed by atoms with Gasteiger partial charge in [0.25, 0.3) is 0 Å². The van der Waals surface area contributed by atoms with E-state index in [4.69, 9.17) is 0 Å². The van der Waals surface area contributed by atoms with Gasteiger partial charge in [-0.15, -0.1) is 0 Å². The van der Waals surface area contributed by atoms with Gasteiger partial charge < -0.3 is 0 Å². The van der Waals surface area contributed by atoms with Crippen molar-refractivity contribution >= 4 is 25.2 Å². The maximum atomic E-state index is 11.7. The molecule has 0 N–H and O–H groups in total. The standard InChI is InChI=1S/C12H14OSe/c1-12(9-5-8-11(12)13)14-10-6-3-2-4-7-10/h2-4,6-7H,5,8-9H2,1H3. The van der Waals surface area contributed by atoms with E-state index in [1.165, 1.54) is 4.46 Å². The molecule has 0 heterocycles. The molecular weight excluding hydrogens is 239 g/mol. The Kier molecular flexibility index (Phi) is 2.75. The van der Waals surface area contributed by atoms with Gasteiger partial charge in [-0.25, -0.2) is 0 Å². The van der Waals surface area contributed by atoms with E-state index in [0.29, 0.717) is 20.7 Å². The predicted octanol–water partition coefficient (Wildman–Crippen LogP) is 1.95. The molecule has 0 aromatic heterocycles. The van der Waals surface area contributed by atoms with Crippen molar-refractivity contribution in [3.8, 4) is 0 Å². The molecule has 1 fully saturated rings. The third kappa shape index (κ3) is 1.91. The van der Waals surface area contributed by atoms with Crippen LogP contribution < -0.4 is 4.46 Å². The first-order valence-electron chi connectivity index (χ1n) is 4.98. The van der Waals surface area contributed by atoms with Gasteiger partial charge in [0.1, 0.15) is 0 Å². The van der Waals surface area contributed by atoms with Crippen molar-refractivity contribution in [2.75, 3.05) is 0 Å². The Morgan fingerprint density at radius 1 is 1.29 bits per heavy atom. The Bertz CT molecular complexity index is 333. The van der Waals surface area contributed by atoms with Crippen molar-refractivity contribution in [3.05, 3.63) is 30.3 Å². The molecule has 1 aromatic carbocycles. The van der Waals surface area contributed by atoms with Crippen molar-refractivity contribution in [2.24, 2.45) is 0 Å². The van der Waals surface area contributed by atoms with Gasteiger partial charge in [-0.3, -0.25) is 0 Å². The van der Waals surface area contributed by atoms with Crippen LogP contribution in [-0.2, 0) is 4.79 Å². The molecule has 0 radical (unpaired) electrons. The SMILES string of the molecule is CC1([Se]c2ccccc2)CCCC1=O. The fourth-order valence-corrected chi connectivity index (χ4v) is 4.52. The zero-order chi connectivity index (χ0) is 10.0. The number of rotatable bonds is 2. The summed E-state index contributed by atoms with van der Waals surface area (Å²) in [4.78, 5) is 11.7. The molecule has 0 bridgehead atoms. The third-order valence-corrected chi connectivity index (χ3v) is 5.65. The molecule has 1 nitrogen and oxygen atoms in total. The van der Waals surface area contributed by atoms with Gasteiger partial charge in [0.2, 0.25) is 0 Å². The molecule has 1 saturated carbocycles. The molecule has 2 heteroatoms. The summed E-state index contributed by atoms with van der Waals surface area (Å²) >= 11 is 0.307. The second kappa shape index (κ2) is 3.88. The van der Waals surface area contributed by atoms with Gasteiger partial charge in [-0.1, -0.05) is 0 Å². The van der Waals surface area contributed by atoms with Gasteiger partial charge in [0, 0.05) is 0 Å². The van der Waals surface area contributed by atoms with E-state index in [9.17, 15) is 4.79 Å². The number of carbonyl (C=O) groups excluding carboxylic acids is 1. The first-order chi connectivity index (χ1) is 6.71. The Hall–Kier alpha value is -0.591. The summed E-state index contributed by atoms with van der Waals surface area (Å²) in [5.74, 6) is 0.473. The molecule has 1 aliphatic carbocycles. The number of hydrogen-bond donors (Lipinski definition) is 0. The van der Waals surface area contributed by atoms with Crippen LogP contribution in [0.3, 0.4) is 0 Å². The number of benzene rings is 1. The van der Waals surface area contributed by atoms with Crippen molar-refractivity contribution < 1.29 is 4.79 Å². The van der Waals surface area contributed by atoms with E-state index in [0.717, 1.165) is 19.3 Å². The third-order valence-electron chi connectivity index (χ3n) is 2.73. The summed E-state index contributed by atoms with van der Waals surface area (Å²) < 4.78 is 1.33. The second-order valence-corrected chi connectivity index (χ2v) is 7.23. The van der Waals surface area contributed by atoms with E-state index in [2.05, 4.69) is 31.2 Å². The average Bonchev–Trinajstić information content (AvgIpc) is 2.48. The second-order valence-electron chi connectivity index (χ2n) is 3.92. The van der Waals surface area contributed by atoms with Crippen LogP contribution in [0.15, 0.2) is 30.3 Å². The fraction of sp³-hybridized carbons (Fsp3) is 0.417. The number of carbonyl (C=O) groups is 1. The van der Waals surface area contributed by atoms with E-state index in [1.54, 1.807) is 0 Å². The molecule has 1 unspecified atom stereocenters. The van der Waals surface area contributed by atoms with Crippen LogP contribution in [0.2, 0.25) is 4.31 Å². The number of hydrogen-bond acceptors (Lipinski definition) is 1. The van der Waals surface area contributed by atoms with Crippen LogP contribution in [0, 0.1) is 0 Å². The normalized spacial score (nSPS) is 26.8. The summed E-state index contributed by atoms with van der Waals surface area (Å²) in [6.07, 6.45) is 2.97. The molecule has 74 valence electrons. The Morgan fingerprint density at radius 3 is 2.57 bits per heavy atom. The topological polar surface area (TPSA) is 17.1 Å². The number of Topliss-reactive ketones (excluding diaryl/α,β-unsaturated/α-hetero) is 1. The molecule has 0 saturated heterocycles. The average molecular weight is 253 g/mol. The molecule has 2 rings (SSSR count). The van der Waals surface area contributed by atoms with Gasteiger partial charge in [-0.05, 0) is 0 Å². The zero-order valence-corrected chi connectivity index (χ0v) is 10.0. The minimum atomic E-state index is -0.0195. The van der Waals surface area contributed by atoms with Crippen molar-refractivity contribution in [2.45, 2.75) is 30.5 Å². The number of ketones is 1. The Morgan fingerprint density at radius 2 is 2.00 bits per heavy atom. The molecule has 14 heavy (non-hydrogen) atoms. The van der Waals surface area contributed by atoms with Crippen LogP contribution in [0.1, 0.15) is 26.2 Å². The summed E-state index contributed by atoms with van der Waals surface area (Å²) in [6, 6.07) is 10.4. The summed E-state index contributed by atoms with van der Waals surface area (Å²) in [5, 5.41) is 0. The Labute approximate surface area is 91.1 Å². The van der Waals surface area contributed by atoms with Gasteiger partial charge in [-0.2, -0.15) is 0 Å². The van der Waals surface area contributed by atoms with Crippen LogP contribution >= 0.6 is 0 Å². The van der Waals surface area contributed by atoms with E-state index >= 15 is 0 Å². The van der Waals surface area contributed by atoms with E-state index in [1.807, 2.05) is 6.07 Å². The summed E-state index contributed by atoms with van der Waals surface area (Å²) in [7, 11) is 0. The monoisotopic (exact) mass is 254 g/mol. The van der Waals surface area contributed by atoms with Crippen molar-refractivity contribution in [3.63, 3.8) is 0 Å². The molecule has 1 aromatic rings. The molecule has 0 spiro atoms. The first-order valence-corrected chi connectivity index (χ1v) is 6.69. The van der Waals surface area contributed by atoms with Crippen LogP contribution in [0.25, 0.3) is 0 Å². The maximum absolute atomic E-state index is 11.7. The van der Waals surface area contributed by atoms with Crippen LogP contribution in [0.5, 0.6) is 0 Å². The zero-order valence-electron chi connectivity index (χ0n) is 8.32. The van der Waals surface area contributed by atoms with E-state index in [-0.39, 0.29) is 4.31 Å².